The number of benzene rings is 1. The van der Waals surface area contributed by atoms with E-state index >= 15 is 0 Å². The van der Waals surface area contributed by atoms with E-state index in [0.29, 0.717) is 0 Å². The molecule has 1 heterocycles. The molecule has 2 aromatic rings. The number of nitrogens with zero attached hydrogens (tertiary/aromatic N) is 1. The van der Waals surface area contributed by atoms with E-state index in [1.807, 2.05) is 0 Å². The number of rotatable bonds is 5. The Morgan fingerprint density at radius 3 is 2.30 bits per heavy atom. The fraction of sp³-hybridized carbons (Fsp3) is 0.250. The highest BCUT2D eigenvalue weighted by Crippen LogP contribution is 2.38. The number of carbonyl (C=O) groups is 1. The van der Waals surface area contributed by atoms with Crippen LogP contribution in [0.4, 0.5) is 0 Å². The summed E-state index contributed by atoms with van der Waals surface area (Å²) in [4.78, 5) is 16.4. The Labute approximate surface area is 139 Å². The van der Waals surface area contributed by atoms with E-state index in [0.717, 1.165) is 22.3 Å². The van der Waals surface area contributed by atoms with Gasteiger partial charge >= 0.3 is 5.97 Å². The number of pyridine rings is 1. The van der Waals surface area contributed by atoms with Crippen molar-refractivity contribution in [2.75, 3.05) is 6.26 Å². The van der Waals surface area contributed by atoms with Crippen molar-refractivity contribution < 1.29 is 18.3 Å². The molecule has 0 aliphatic heterocycles. The van der Waals surface area contributed by atoms with Gasteiger partial charge in [-0.05, 0) is 37.6 Å². The van der Waals surface area contributed by atoms with Crippen LogP contribution in [0.25, 0.3) is 11.1 Å². The smallest absolute Gasteiger partial charge is 0.319 e. The molecule has 1 aromatic carbocycles. The van der Waals surface area contributed by atoms with Crippen LogP contribution in [0.5, 0.6) is 0 Å². The molecular formula is C16H17NO4S2. The van der Waals surface area contributed by atoms with Gasteiger partial charge in [0.25, 0.3) is 0 Å². The van der Waals surface area contributed by atoms with Gasteiger partial charge in [-0.3, -0.25) is 9.78 Å². The number of carboxylic acids is 1. The molecule has 0 aliphatic carbocycles. The van der Waals surface area contributed by atoms with Gasteiger partial charge in [0.1, 0.15) is 4.75 Å². The van der Waals surface area contributed by atoms with Gasteiger partial charge in [0.15, 0.2) is 9.84 Å². The molecule has 0 atom stereocenters. The van der Waals surface area contributed by atoms with Gasteiger partial charge in [0.05, 0.1) is 4.90 Å². The van der Waals surface area contributed by atoms with E-state index in [9.17, 15) is 18.3 Å². The summed E-state index contributed by atoms with van der Waals surface area (Å²) in [6, 6.07) is 8.23. The minimum Gasteiger partial charge on any atom is -0.480 e. The molecule has 1 N–H and O–H groups in total. The zero-order valence-corrected chi connectivity index (χ0v) is 14.6. The van der Waals surface area contributed by atoms with Crippen molar-refractivity contribution in [3.05, 3.63) is 42.7 Å². The van der Waals surface area contributed by atoms with E-state index < -0.39 is 20.6 Å². The monoisotopic (exact) mass is 351 g/mol. The summed E-state index contributed by atoms with van der Waals surface area (Å²) in [5.41, 5.74) is 1.56. The lowest BCUT2D eigenvalue weighted by Gasteiger charge is -2.20. The van der Waals surface area contributed by atoms with Crippen LogP contribution in [-0.2, 0) is 14.6 Å². The summed E-state index contributed by atoms with van der Waals surface area (Å²) in [7, 11) is -3.25. The van der Waals surface area contributed by atoms with Gasteiger partial charge in [-0.2, -0.15) is 0 Å². The first-order valence-corrected chi connectivity index (χ1v) is 9.49. The molecule has 0 bridgehead atoms. The molecule has 0 fully saturated rings. The quantitative estimate of drug-likeness (QED) is 0.833. The largest absolute Gasteiger partial charge is 0.480 e. The van der Waals surface area contributed by atoms with Crippen LogP contribution >= 0.6 is 11.8 Å². The van der Waals surface area contributed by atoms with Gasteiger partial charge < -0.3 is 5.11 Å². The highest BCUT2D eigenvalue weighted by Gasteiger charge is 2.29. The number of thioether (sulfide) groups is 1. The van der Waals surface area contributed by atoms with Crippen molar-refractivity contribution in [3.8, 4) is 11.1 Å². The molecule has 0 saturated heterocycles. The average molecular weight is 351 g/mol. The normalized spacial score (nSPS) is 12.1. The molecule has 5 nitrogen and oxygen atoms in total. The number of carboxylic acid groups (broad SMARTS) is 1. The number of aromatic nitrogens is 1. The first-order chi connectivity index (χ1) is 10.6. The van der Waals surface area contributed by atoms with Crippen molar-refractivity contribution in [1.29, 1.82) is 0 Å². The second kappa shape index (κ2) is 6.33. The van der Waals surface area contributed by atoms with Crippen LogP contribution < -0.4 is 0 Å². The minimum absolute atomic E-state index is 0.241. The molecule has 0 radical (unpaired) electrons. The maximum Gasteiger partial charge on any atom is 0.319 e. The third-order valence-electron chi connectivity index (χ3n) is 3.25. The van der Waals surface area contributed by atoms with E-state index in [1.54, 1.807) is 44.4 Å². The highest BCUT2D eigenvalue weighted by atomic mass is 32.2. The maximum absolute atomic E-state index is 11.5. The third kappa shape index (κ3) is 4.11. The lowest BCUT2D eigenvalue weighted by molar-refractivity contribution is -0.138. The Kier molecular flexibility index (Phi) is 4.81. The van der Waals surface area contributed by atoms with E-state index in [-0.39, 0.29) is 4.90 Å². The average Bonchev–Trinajstić information content (AvgIpc) is 2.46. The van der Waals surface area contributed by atoms with Gasteiger partial charge in [-0.25, -0.2) is 8.42 Å². The van der Waals surface area contributed by atoms with Crippen molar-refractivity contribution in [3.63, 3.8) is 0 Å². The van der Waals surface area contributed by atoms with Crippen LogP contribution in [0, 0.1) is 0 Å². The van der Waals surface area contributed by atoms with Crippen molar-refractivity contribution in [2.24, 2.45) is 0 Å². The van der Waals surface area contributed by atoms with Crippen LogP contribution in [0.15, 0.2) is 52.5 Å². The minimum atomic E-state index is -3.25. The molecule has 2 rings (SSSR count). The second-order valence-corrected chi connectivity index (χ2v) is 9.27. The van der Waals surface area contributed by atoms with E-state index in [1.165, 1.54) is 23.9 Å². The van der Waals surface area contributed by atoms with Gasteiger partial charge in [-0.15, -0.1) is 11.8 Å². The second-order valence-electron chi connectivity index (χ2n) is 5.59. The molecule has 0 amide bonds. The van der Waals surface area contributed by atoms with Crippen LogP contribution in [-0.4, -0.2) is 35.5 Å². The Hall–Kier alpha value is -1.86. The summed E-state index contributed by atoms with van der Waals surface area (Å²) in [5, 5.41) is 9.29. The summed E-state index contributed by atoms with van der Waals surface area (Å²) < 4.78 is 22.1. The molecule has 7 heteroatoms. The van der Waals surface area contributed by atoms with Crippen molar-refractivity contribution in [2.45, 2.75) is 28.4 Å². The molecule has 0 aliphatic rings. The zero-order chi connectivity index (χ0) is 17.3. The summed E-state index contributed by atoms with van der Waals surface area (Å²) in [6.07, 6.45) is 4.41. The van der Waals surface area contributed by atoms with Gasteiger partial charge in [-0.1, -0.05) is 12.1 Å². The summed E-state index contributed by atoms with van der Waals surface area (Å²) in [5.74, 6) is -0.905. The van der Waals surface area contributed by atoms with E-state index in [4.69, 9.17) is 0 Å². The first-order valence-electron chi connectivity index (χ1n) is 6.78. The predicted octanol–water partition coefficient (Wildman–Crippen LogP) is 3.11. The Balaban J connectivity index is 2.43. The molecule has 0 saturated carbocycles. The zero-order valence-electron chi connectivity index (χ0n) is 13.0. The van der Waals surface area contributed by atoms with E-state index in [2.05, 4.69) is 4.98 Å². The molecule has 0 unspecified atom stereocenters. The number of aliphatic carboxylic acids is 1. The Morgan fingerprint density at radius 2 is 1.78 bits per heavy atom. The van der Waals surface area contributed by atoms with Crippen LogP contribution in [0.1, 0.15) is 13.8 Å². The van der Waals surface area contributed by atoms with Crippen LogP contribution in [0.2, 0.25) is 0 Å². The summed E-state index contributed by atoms with van der Waals surface area (Å²) >= 11 is 1.23. The number of hydrogen-bond acceptors (Lipinski definition) is 5. The Morgan fingerprint density at radius 1 is 1.17 bits per heavy atom. The van der Waals surface area contributed by atoms with Crippen molar-refractivity contribution >= 4 is 27.6 Å². The van der Waals surface area contributed by atoms with Crippen molar-refractivity contribution in [1.82, 2.24) is 4.98 Å². The lowest BCUT2D eigenvalue weighted by Crippen LogP contribution is -2.27. The molecule has 1 aromatic heterocycles. The highest BCUT2D eigenvalue weighted by molar-refractivity contribution is 8.01. The first kappa shape index (κ1) is 17.5. The number of sulfone groups is 1. The summed E-state index contributed by atoms with van der Waals surface area (Å²) in [6.45, 7) is 3.27. The van der Waals surface area contributed by atoms with Gasteiger partial charge in [0.2, 0.25) is 0 Å². The fourth-order valence-electron chi connectivity index (χ4n) is 1.89. The molecule has 122 valence electrons. The fourth-order valence-corrected chi connectivity index (χ4v) is 3.56. The lowest BCUT2D eigenvalue weighted by atomic mass is 10.1. The third-order valence-corrected chi connectivity index (χ3v) is 5.64. The SMILES string of the molecule is CC(C)(Sc1ccncc1-c1ccc(S(C)(=O)=O)cc1)C(=O)O. The van der Waals surface area contributed by atoms with Gasteiger partial charge in [0, 0.05) is 29.1 Å². The Bertz CT molecular complexity index is 827. The molecular weight excluding hydrogens is 334 g/mol. The number of hydrogen-bond donors (Lipinski definition) is 1. The van der Waals surface area contributed by atoms with Crippen LogP contribution in [0.3, 0.4) is 0 Å². The maximum atomic E-state index is 11.5. The molecule has 0 spiro atoms. The molecule has 23 heavy (non-hydrogen) atoms. The predicted molar refractivity (Wildman–Crippen MR) is 90.4 cm³/mol. The standard InChI is InChI=1S/C16H17NO4S2/c1-16(2,15(18)19)22-14-8-9-17-10-13(14)11-4-6-12(7-5-11)23(3,20)21/h4-10H,1-3H3,(H,18,19). The topological polar surface area (TPSA) is 84.3 Å².